The number of carbonyl (C=O) groups excluding carboxylic acids is 1. The molecule has 1 aliphatic carbocycles. The first-order valence-electron chi connectivity index (χ1n) is 5.58. The standard InChI is InChI=1S/C10H14F2N4O2/c1-16-6-14-15-7(16)5-13-8(17)10(11,12)9(18)3-2-4-9/h6,18H,2-5H2,1H3,(H,13,17). The molecule has 1 fully saturated rings. The molecule has 18 heavy (non-hydrogen) atoms. The van der Waals surface area contributed by atoms with E-state index >= 15 is 0 Å². The lowest BCUT2D eigenvalue weighted by Gasteiger charge is -2.41. The van der Waals surface area contributed by atoms with Gasteiger partial charge in [-0.3, -0.25) is 4.79 Å². The van der Waals surface area contributed by atoms with Gasteiger partial charge in [0, 0.05) is 7.05 Å². The number of hydrogen-bond acceptors (Lipinski definition) is 4. The van der Waals surface area contributed by atoms with Crippen LogP contribution in [0.2, 0.25) is 0 Å². The summed E-state index contributed by atoms with van der Waals surface area (Å²) in [5.41, 5.74) is -2.20. The average Bonchev–Trinajstić information content (AvgIpc) is 2.68. The van der Waals surface area contributed by atoms with E-state index in [-0.39, 0.29) is 19.4 Å². The van der Waals surface area contributed by atoms with E-state index in [9.17, 15) is 18.7 Å². The van der Waals surface area contributed by atoms with Crippen molar-refractivity contribution >= 4 is 5.91 Å². The van der Waals surface area contributed by atoms with Gasteiger partial charge in [0.25, 0.3) is 5.91 Å². The van der Waals surface area contributed by atoms with Crippen LogP contribution in [0, 0.1) is 0 Å². The van der Waals surface area contributed by atoms with Crippen LogP contribution in [-0.4, -0.2) is 37.3 Å². The third kappa shape index (κ3) is 1.96. The van der Waals surface area contributed by atoms with Gasteiger partial charge in [0.1, 0.15) is 11.9 Å². The van der Waals surface area contributed by atoms with Gasteiger partial charge >= 0.3 is 5.92 Å². The molecule has 0 aromatic carbocycles. The highest BCUT2D eigenvalue weighted by Crippen LogP contribution is 2.44. The van der Waals surface area contributed by atoms with Crippen molar-refractivity contribution in [1.82, 2.24) is 20.1 Å². The van der Waals surface area contributed by atoms with Gasteiger partial charge in [0.2, 0.25) is 0 Å². The van der Waals surface area contributed by atoms with E-state index in [0.717, 1.165) is 0 Å². The smallest absolute Gasteiger partial charge is 0.352 e. The quantitative estimate of drug-likeness (QED) is 0.797. The van der Waals surface area contributed by atoms with Gasteiger partial charge in [-0.05, 0) is 19.3 Å². The summed E-state index contributed by atoms with van der Waals surface area (Å²) in [4.78, 5) is 11.4. The Labute approximate surface area is 102 Å². The van der Waals surface area contributed by atoms with Crippen molar-refractivity contribution in [2.75, 3.05) is 0 Å². The molecule has 100 valence electrons. The predicted octanol–water partition coefficient (Wildman–Crippen LogP) is -0.0184. The molecule has 1 amide bonds. The summed E-state index contributed by atoms with van der Waals surface area (Å²) in [5.74, 6) is -4.89. The fourth-order valence-corrected chi connectivity index (χ4v) is 1.77. The summed E-state index contributed by atoms with van der Waals surface area (Å²) in [6.45, 7) is -0.152. The number of aromatic nitrogens is 3. The molecule has 2 rings (SSSR count). The van der Waals surface area contributed by atoms with Gasteiger partial charge in [-0.1, -0.05) is 0 Å². The van der Waals surface area contributed by atoms with Crippen molar-refractivity contribution in [1.29, 1.82) is 0 Å². The lowest BCUT2D eigenvalue weighted by Crippen LogP contribution is -2.60. The lowest BCUT2D eigenvalue weighted by molar-refractivity contribution is -0.216. The first kappa shape index (κ1) is 12.9. The van der Waals surface area contributed by atoms with Crippen molar-refractivity contribution in [3.05, 3.63) is 12.2 Å². The van der Waals surface area contributed by atoms with Crippen LogP contribution in [0.3, 0.4) is 0 Å². The normalized spacial score (nSPS) is 18.2. The average molecular weight is 260 g/mol. The molecule has 0 aliphatic heterocycles. The monoisotopic (exact) mass is 260 g/mol. The Kier molecular flexibility index (Phi) is 3.05. The van der Waals surface area contributed by atoms with Gasteiger partial charge in [-0.25, -0.2) is 0 Å². The molecular weight excluding hydrogens is 246 g/mol. The van der Waals surface area contributed by atoms with E-state index in [4.69, 9.17) is 0 Å². The number of hydrogen-bond donors (Lipinski definition) is 2. The van der Waals surface area contributed by atoms with Crippen molar-refractivity contribution in [3.8, 4) is 0 Å². The second-order valence-electron chi connectivity index (χ2n) is 4.50. The summed E-state index contributed by atoms with van der Waals surface area (Å²) >= 11 is 0. The number of nitrogens with one attached hydrogen (secondary N) is 1. The number of rotatable bonds is 4. The Hall–Kier alpha value is -1.57. The molecule has 0 unspecified atom stereocenters. The molecule has 0 spiro atoms. The van der Waals surface area contributed by atoms with Crippen LogP contribution in [0.25, 0.3) is 0 Å². The Balaban J connectivity index is 1.97. The van der Waals surface area contributed by atoms with Crippen LogP contribution in [-0.2, 0) is 18.4 Å². The first-order valence-corrected chi connectivity index (χ1v) is 5.58. The van der Waals surface area contributed by atoms with Gasteiger partial charge in [0.15, 0.2) is 5.82 Å². The van der Waals surface area contributed by atoms with Gasteiger partial charge in [0.05, 0.1) is 6.54 Å². The number of nitrogens with zero attached hydrogens (tertiary/aromatic N) is 3. The molecule has 0 atom stereocenters. The molecule has 1 saturated carbocycles. The maximum Gasteiger partial charge on any atom is 0.352 e. The SMILES string of the molecule is Cn1cnnc1CNC(=O)C(F)(F)C1(O)CCC1. The predicted molar refractivity (Wildman–Crippen MR) is 56.6 cm³/mol. The number of halogens is 2. The summed E-state index contributed by atoms with van der Waals surface area (Å²) in [7, 11) is 1.64. The Bertz CT molecular complexity index is 456. The highest BCUT2D eigenvalue weighted by molar-refractivity contribution is 5.85. The largest absolute Gasteiger partial charge is 0.383 e. The van der Waals surface area contributed by atoms with E-state index < -0.39 is 17.4 Å². The highest BCUT2D eigenvalue weighted by atomic mass is 19.3. The molecule has 0 bridgehead atoms. The zero-order chi connectivity index (χ0) is 13.4. The van der Waals surface area contributed by atoms with Crippen LogP contribution in [0.4, 0.5) is 8.78 Å². The number of aryl methyl sites for hydroxylation is 1. The van der Waals surface area contributed by atoms with Crippen molar-refractivity contribution in [3.63, 3.8) is 0 Å². The van der Waals surface area contributed by atoms with Gasteiger partial charge in [-0.15, -0.1) is 10.2 Å². The third-order valence-corrected chi connectivity index (χ3v) is 3.26. The van der Waals surface area contributed by atoms with Crippen LogP contribution in [0.5, 0.6) is 0 Å². The first-order chi connectivity index (χ1) is 8.37. The molecular formula is C10H14F2N4O2. The minimum atomic E-state index is -3.77. The second-order valence-corrected chi connectivity index (χ2v) is 4.50. The van der Waals surface area contributed by atoms with Gasteiger partial charge in [-0.2, -0.15) is 8.78 Å². The lowest BCUT2D eigenvalue weighted by atomic mass is 9.75. The maximum atomic E-state index is 13.7. The van der Waals surface area contributed by atoms with Crippen LogP contribution >= 0.6 is 0 Å². The third-order valence-electron chi connectivity index (χ3n) is 3.26. The van der Waals surface area contributed by atoms with E-state index in [1.807, 2.05) is 0 Å². The highest BCUT2D eigenvalue weighted by Gasteiger charge is 2.61. The molecule has 8 heteroatoms. The van der Waals surface area contributed by atoms with Crippen molar-refractivity contribution in [2.45, 2.75) is 37.3 Å². The Morgan fingerprint density at radius 1 is 1.67 bits per heavy atom. The fourth-order valence-electron chi connectivity index (χ4n) is 1.77. The molecule has 1 heterocycles. The maximum absolute atomic E-state index is 13.7. The molecule has 6 nitrogen and oxygen atoms in total. The number of alkyl halides is 2. The van der Waals surface area contributed by atoms with Crippen LogP contribution in [0.15, 0.2) is 6.33 Å². The zero-order valence-corrected chi connectivity index (χ0v) is 9.86. The molecule has 1 aromatic heterocycles. The summed E-state index contributed by atoms with van der Waals surface area (Å²) in [5, 5.41) is 18.9. The number of aliphatic hydroxyl groups is 1. The molecule has 2 N–H and O–H groups in total. The number of amides is 1. The van der Waals surface area contributed by atoms with Crippen molar-refractivity contribution in [2.24, 2.45) is 7.05 Å². The molecule has 1 aliphatic rings. The van der Waals surface area contributed by atoms with E-state index in [1.54, 1.807) is 7.05 Å². The van der Waals surface area contributed by atoms with E-state index in [0.29, 0.717) is 12.2 Å². The minimum absolute atomic E-state index is 0.0582. The number of carbonyl (C=O) groups is 1. The van der Waals surface area contributed by atoms with Crippen molar-refractivity contribution < 1.29 is 18.7 Å². The zero-order valence-electron chi connectivity index (χ0n) is 9.86. The summed E-state index contributed by atoms with van der Waals surface area (Å²) < 4.78 is 28.9. The van der Waals surface area contributed by atoms with Gasteiger partial charge < -0.3 is 15.0 Å². The summed E-state index contributed by atoms with van der Waals surface area (Å²) in [6.07, 6.45) is 1.79. The fraction of sp³-hybridized carbons (Fsp3) is 0.700. The topological polar surface area (TPSA) is 80.0 Å². The molecule has 0 saturated heterocycles. The molecule has 0 radical (unpaired) electrons. The van der Waals surface area contributed by atoms with Crippen LogP contribution in [0.1, 0.15) is 25.1 Å². The Morgan fingerprint density at radius 2 is 2.33 bits per heavy atom. The molecule has 1 aromatic rings. The summed E-state index contributed by atoms with van der Waals surface area (Å²) in [6, 6.07) is 0. The second kappa shape index (κ2) is 4.27. The minimum Gasteiger partial charge on any atom is -0.383 e. The van der Waals surface area contributed by atoms with E-state index in [2.05, 4.69) is 15.5 Å². The van der Waals surface area contributed by atoms with Crippen LogP contribution < -0.4 is 5.32 Å². The Morgan fingerprint density at radius 3 is 2.78 bits per heavy atom. The van der Waals surface area contributed by atoms with E-state index in [1.165, 1.54) is 10.9 Å².